The molecule has 8 fully saturated rings. The number of carbonyl (C=O) groups excluding carboxylic acids is 1. The van der Waals surface area contributed by atoms with Crippen LogP contribution in [0.5, 0.6) is 0 Å². The first-order valence-corrected chi connectivity index (χ1v) is 21.0. The summed E-state index contributed by atoms with van der Waals surface area (Å²) in [6.07, 6.45) is 3.52. The highest BCUT2D eigenvalue weighted by Crippen LogP contribution is 2.51. The van der Waals surface area contributed by atoms with E-state index in [0.717, 1.165) is 49.7 Å². The van der Waals surface area contributed by atoms with E-state index in [1.54, 1.807) is 7.11 Å². The number of aliphatic hydroxyl groups excluding tert-OH is 2. The number of ketones is 1. The van der Waals surface area contributed by atoms with Gasteiger partial charge in [-0.3, -0.25) is 4.79 Å². The van der Waals surface area contributed by atoms with Gasteiger partial charge in [0.05, 0.1) is 79.4 Å². The summed E-state index contributed by atoms with van der Waals surface area (Å²) in [5.41, 5.74) is 2.17. The minimum atomic E-state index is -0.963. The average Bonchev–Trinajstić information content (AvgIpc) is 3.75. The Morgan fingerprint density at radius 1 is 0.852 bits per heavy atom. The van der Waals surface area contributed by atoms with Crippen molar-refractivity contribution >= 4 is 5.78 Å². The second-order valence-corrected chi connectivity index (χ2v) is 18.0. The third kappa shape index (κ3) is 7.80. The quantitative estimate of drug-likeness (QED) is 0.350. The summed E-state index contributed by atoms with van der Waals surface area (Å²) in [6.45, 7) is 13.7. The number of hydrogen-bond donors (Lipinski definition) is 3. The minimum Gasteiger partial charge on any atom is -0.392 e. The average molecular weight is 760 g/mol. The predicted molar refractivity (Wildman–Crippen MR) is 198 cm³/mol. The summed E-state index contributed by atoms with van der Waals surface area (Å²) >= 11 is 0. The SMILES string of the molecule is C=C1C[C@@H]2CC[C@]34C[C@@H](O)[C@H](O3)[C@@H]3O[C@H]5CC[C@H](CC(=O)C[C@@H]6[C@@H](OC)[C@@H](C[C@H](O)CNC)O[C@H]6C[C@H]6O[C@@H](CC[C@@H]1O2)C[C@@H](C)C6=C)OC5[C@H](O4)[C@@H]3C. The Hall–Kier alpha value is -1.29. The maximum Gasteiger partial charge on any atom is 0.172 e. The molecule has 0 amide bonds. The molecule has 54 heavy (non-hydrogen) atoms. The Morgan fingerprint density at radius 3 is 2.41 bits per heavy atom. The van der Waals surface area contributed by atoms with E-state index in [2.05, 4.69) is 32.3 Å². The van der Waals surface area contributed by atoms with Crippen molar-refractivity contribution in [3.05, 3.63) is 24.3 Å². The van der Waals surface area contributed by atoms with Gasteiger partial charge in [0.1, 0.15) is 18.0 Å². The minimum absolute atomic E-state index is 0.00743. The summed E-state index contributed by atoms with van der Waals surface area (Å²) in [7, 11) is 3.49. The van der Waals surface area contributed by atoms with Crippen molar-refractivity contribution in [2.24, 2.45) is 17.8 Å². The smallest absolute Gasteiger partial charge is 0.172 e. The lowest BCUT2D eigenvalue weighted by atomic mass is 9.80. The van der Waals surface area contributed by atoms with Crippen molar-refractivity contribution in [3.8, 4) is 0 Å². The first-order valence-electron chi connectivity index (χ1n) is 21.0. The van der Waals surface area contributed by atoms with Crippen molar-refractivity contribution in [3.63, 3.8) is 0 Å². The number of rotatable bonds is 5. The molecule has 0 aromatic carbocycles. The third-order valence-electron chi connectivity index (χ3n) is 14.2. The summed E-state index contributed by atoms with van der Waals surface area (Å²) in [6, 6.07) is 0. The van der Waals surface area contributed by atoms with Gasteiger partial charge in [-0.1, -0.05) is 27.0 Å². The summed E-state index contributed by atoms with van der Waals surface area (Å²) in [5.74, 6) is -0.863. The maximum absolute atomic E-state index is 14.1. The van der Waals surface area contributed by atoms with E-state index in [1.807, 2.05) is 7.05 Å². The van der Waals surface area contributed by atoms with Crippen LogP contribution in [0.15, 0.2) is 24.3 Å². The molecule has 0 radical (unpaired) electrons. The van der Waals surface area contributed by atoms with Gasteiger partial charge in [0, 0.05) is 64.0 Å². The summed E-state index contributed by atoms with van der Waals surface area (Å²) in [4.78, 5) is 14.1. The number of hydrogen-bond acceptors (Lipinski definition) is 12. The Bertz CT molecular complexity index is 1380. The lowest BCUT2D eigenvalue weighted by Gasteiger charge is -2.50. The number of nitrogens with one attached hydrogen (secondary N) is 1. The molecule has 0 saturated carbocycles. The Labute approximate surface area is 320 Å². The first-order chi connectivity index (χ1) is 25.9. The highest BCUT2D eigenvalue weighted by atomic mass is 16.7. The molecule has 8 heterocycles. The van der Waals surface area contributed by atoms with Gasteiger partial charge in [0.15, 0.2) is 5.79 Å². The molecule has 0 aliphatic carbocycles. The molecule has 1 spiro atoms. The van der Waals surface area contributed by atoms with Crippen LogP contribution >= 0.6 is 0 Å². The van der Waals surface area contributed by atoms with Crippen LogP contribution < -0.4 is 5.32 Å². The Morgan fingerprint density at radius 2 is 1.61 bits per heavy atom. The van der Waals surface area contributed by atoms with E-state index in [4.69, 9.17) is 37.9 Å². The second-order valence-electron chi connectivity index (χ2n) is 18.0. The van der Waals surface area contributed by atoms with Crippen molar-refractivity contribution in [2.45, 2.75) is 195 Å². The largest absolute Gasteiger partial charge is 0.392 e. The van der Waals surface area contributed by atoms with Gasteiger partial charge in [-0.05, 0) is 69.1 Å². The van der Waals surface area contributed by atoms with E-state index < -0.39 is 24.1 Å². The Balaban J connectivity index is 1.07. The van der Waals surface area contributed by atoms with Crippen LogP contribution in [0.3, 0.4) is 0 Å². The zero-order chi connectivity index (χ0) is 37.9. The predicted octanol–water partition coefficient (Wildman–Crippen LogP) is 3.93. The molecule has 304 valence electrons. The molecule has 3 N–H and O–H groups in total. The molecule has 19 atom stereocenters. The van der Waals surface area contributed by atoms with Crippen LogP contribution in [0.4, 0.5) is 0 Å². The fraction of sp³-hybridized carbons (Fsp3) is 0.881. The van der Waals surface area contributed by atoms with E-state index in [1.165, 1.54) is 0 Å². The highest BCUT2D eigenvalue weighted by Gasteiger charge is 2.62. The molecular weight excluding hydrogens is 694 g/mol. The zero-order valence-corrected chi connectivity index (χ0v) is 32.8. The number of carbonyl (C=O) groups is 1. The molecule has 12 nitrogen and oxygen atoms in total. The number of fused-ring (bicyclic) bond motifs is 9. The fourth-order valence-electron chi connectivity index (χ4n) is 11.4. The lowest BCUT2D eigenvalue weighted by molar-refractivity contribution is -0.290. The van der Waals surface area contributed by atoms with E-state index in [-0.39, 0.29) is 110 Å². The van der Waals surface area contributed by atoms with E-state index in [9.17, 15) is 15.0 Å². The van der Waals surface area contributed by atoms with Gasteiger partial charge in [-0.15, -0.1) is 0 Å². The molecule has 8 aliphatic rings. The normalized spacial score (nSPS) is 50.3. The van der Waals surface area contributed by atoms with Gasteiger partial charge < -0.3 is 53.4 Å². The topological polar surface area (TPSA) is 143 Å². The van der Waals surface area contributed by atoms with Gasteiger partial charge in [0.2, 0.25) is 0 Å². The van der Waals surface area contributed by atoms with E-state index >= 15 is 0 Å². The van der Waals surface area contributed by atoms with Crippen molar-refractivity contribution in [2.75, 3.05) is 20.7 Å². The number of ether oxygens (including phenoxy) is 8. The molecule has 8 saturated heterocycles. The third-order valence-corrected chi connectivity index (χ3v) is 14.2. The molecule has 0 aromatic heterocycles. The standard InChI is InChI=1S/C42H65NO11/c1-21-13-27-7-9-32-22(2)14-29(48-32)11-12-42-19-31(46)40(54-42)37-24(4)38(53-42)41-33(52-37)10-8-28(50-41)15-25(44)16-30-35(18-34(49-27)23(21)3)51-36(39(30)47-6)17-26(45)20-43-5/h21,24,26-41,43,45-46H,2-3,7-20H2,1,4-6H3/t21-,24-,26+,27+,28-,29+,30+,31-,32+,33+,34-,35+,36-,37-,38-,39-,40+,41?,42-/m1/s1. The first kappa shape index (κ1) is 39.5. The number of Topliss-reactive ketones (excluding diaryl/α,β-unsaturated/α-hetero) is 1. The molecule has 0 aromatic rings. The van der Waals surface area contributed by atoms with Crippen LogP contribution in [0.1, 0.15) is 97.3 Å². The maximum atomic E-state index is 14.1. The lowest BCUT2D eigenvalue weighted by Crippen LogP contribution is -2.62. The van der Waals surface area contributed by atoms with Gasteiger partial charge in [0.25, 0.3) is 0 Å². The molecule has 8 aliphatic heterocycles. The van der Waals surface area contributed by atoms with Crippen LogP contribution in [-0.4, -0.2) is 134 Å². The molecular formula is C42H65NO11. The van der Waals surface area contributed by atoms with Crippen molar-refractivity contribution in [1.29, 1.82) is 0 Å². The van der Waals surface area contributed by atoms with Crippen molar-refractivity contribution in [1.82, 2.24) is 5.32 Å². The highest BCUT2D eigenvalue weighted by molar-refractivity contribution is 5.79. The molecule has 10 bridgehead atoms. The summed E-state index contributed by atoms with van der Waals surface area (Å²) in [5, 5.41) is 25.1. The van der Waals surface area contributed by atoms with Gasteiger partial charge in [-0.25, -0.2) is 0 Å². The number of methoxy groups -OCH3 is 1. The number of likely N-dealkylation sites (N-methyl/N-ethyl adjacent to an activating group) is 1. The fourth-order valence-corrected chi connectivity index (χ4v) is 11.4. The van der Waals surface area contributed by atoms with Crippen LogP contribution in [-0.2, 0) is 42.7 Å². The van der Waals surface area contributed by atoms with Crippen LogP contribution in [0, 0.1) is 17.8 Å². The molecule has 1 unspecified atom stereocenters. The van der Waals surface area contributed by atoms with Gasteiger partial charge >= 0.3 is 0 Å². The van der Waals surface area contributed by atoms with Crippen LogP contribution in [0.2, 0.25) is 0 Å². The van der Waals surface area contributed by atoms with Crippen molar-refractivity contribution < 1.29 is 52.9 Å². The molecule has 8 rings (SSSR count). The number of aliphatic hydroxyl groups is 2. The van der Waals surface area contributed by atoms with Gasteiger partial charge in [-0.2, -0.15) is 0 Å². The second kappa shape index (κ2) is 16.2. The summed E-state index contributed by atoms with van der Waals surface area (Å²) < 4.78 is 53.5. The van der Waals surface area contributed by atoms with E-state index in [0.29, 0.717) is 38.6 Å². The van der Waals surface area contributed by atoms with Crippen LogP contribution in [0.25, 0.3) is 0 Å². The molecule has 12 heteroatoms. The monoisotopic (exact) mass is 759 g/mol. The zero-order valence-electron chi connectivity index (χ0n) is 32.8. The Kier molecular flexibility index (Phi) is 11.8.